The molecule has 8 heteroatoms. The van der Waals surface area contributed by atoms with E-state index in [-0.39, 0.29) is 23.9 Å². The Hall–Kier alpha value is -3.10. The van der Waals surface area contributed by atoms with Crippen molar-refractivity contribution in [3.63, 3.8) is 0 Å². The van der Waals surface area contributed by atoms with Crippen molar-refractivity contribution >= 4 is 5.91 Å². The predicted molar refractivity (Wildman–Crippen MR) is 125 cm³/mol. The number of ether oxygens (including phenoxy) is 1. The minimum atomic E-state index is -4.37. The highest BCUT2D eigenvalue weighted by atomic mass is 19.4. The van der Waals surface area contributed by atoms with E-state index in [9.17, 15) is 18.0 Å². The van der Waals surface area contributed by atoms with Crippen LogP contribution in [0.1, 0.15) is 46.9 Å². The third kappa shape index (κ3) is 6.74. The van der Waals surface area contributed by atoms with E-state index in [1.165, 1.54) is 12.1 Å². The molecule has 1 saturated heterocycles. The van der Waals surface area contributed by atoms with Crippen LogP contribution in [0.15, 0.2) is 71.1 Å². The average molecular weight is 487 g/mol. The summed E-state index contributed by atoms with van der Waals surface area (Å²) in [6.45, 7) is 6.29. The summed E-state index contributed by atoms with van der Waals surface area (Å²) in [7, 11) is 0. The number of morpholine rings is 1. The van der Waals surface area contributed by atoms with Gasteiger partial charge in [-0.3, -0.25) is 9.69 Å². The lowest BCUT2D eigenvalue weighted by Crippen LogP contribution is -2.48. The quantitative estimate of drug-likeness (QED) is 0.427. The highest BCUT2D eigenvalue weighted by molar-refractivity contribution is 5.91. The fourth-order valence-corrected chi connectivity index (χ4v) is 4.36. The molecule has 0 bridgehead atoms. The maximum atomic E-state index is 13.0. The van der Waals surface area contributed by atoms with Crippen molar-refractivity contribution in [1.82, 2.24) is 9.80 Å². The normalized spacial score (nSPS) is 18.7. The highest BCUT2D eigenvalue weighted by Crippen LogP contribution is 2.29. The number of furan rings is 1. The van der Waals surface area contributed by atoms with Crippen LogP contribution < -0.4 is 0 Å². The summed E-state index contributed by atoms with van der Waals surface area (Å²) in [6.07, 6.45) is -4.44. The Morgan fingerprint density at radius 1 is 0.886 bits per heavy atom. The molecule has 4 rings (SSSR count). The van der Waals surface area contributed by atoms with Gasteiger partial charge < -0.3 is 14.1 Å². The first-order valence-electron chi connectivity index (χ1n) is 11.6. The Bertz CT molecular complexity index is 1100. The number of halogens is 3. The maximum absolute atomic E-state index is 13.0. The highest BCUT2D eigenvalue weighted by Gasteiger charge is 2.30. The van der Waals surface area contributed by atoms with Crippen LogP contribution in [0.3, 0.4) is 0 Å². The predicted octanol–water partition coefficient (Wildman–Crippen LogP) is 5.75. The van der Waals surface area contributed by atoms with Crippen molar-refractivity contribution in [2.24, 2.45) is 0 Å². The Morgan fingerprint density at radius 2 is 1.49 bits per heavy atom. The standard InChI is InChI=1S/C27H29F3N2O3/c1-19-14-32(15-20(2)34-19)26(33)25-13-12-24(35-25)18-31(16-21-6-4-3-5-7-21)17-22-8-10-23(11-9-22)27(28,29)30/h3-13,19-20H,14-18H2,1-2H3. The van der Waals surface area contributed by atoms with Gasteiger partial charge in [0.05, 0.1) is 24.3 Å². The zero-order valence-electron chi connectivity index (χ0n) is 19.8. The van der Waals surface area contributed by atoms with Crippen LogP contribution >= 0.6 is 0 Å². The number of alkyl halides is 3. The number of rotatable bonds is 7. The lowest BCUT2D eigenvalue weighted by molar-refractivity contribution is -0.137. The van der Waals surface area contributed by atoms with E-state index < -0.39 is 11.7 Å². The lowest BCUT2D eigenvalue weighted by atomic mass is 10.1. The summed E-state index contributed by atoms with van der Waals surface area (Å²) in [6, 6.07) is 18.5. The Kier molecular flexibility index (Phi) is 7.62. The Balaban J connectivity index is 1.48. The van der Waals surface area contributed by atoms with Gasteiger partial charge in [-0.2, -0.15) is 13.2 Å². The SMILES string of the molecule is CC1CN(C(=O)c2ccc(CN(Cc3ccccc3)Cc3ccc(C(F)(F)F)cc3)o2)CC(C)O1. The van der Waals surface area contributed by atoms with Gasteiger partial charge in [-0.1, -0.05) is 42.5 Å². The molecule has 5 nitrogen and oxygen atoms in total. The van der Waals surface area contributed by atoms with E-state index in [2.05, 4.69) is 4.90 Å². The van der Waals surface area contributed by atoms with Crippen molar-refractivity contribution in [2.45, 2.75) is 51.9 Å². The first kappa shape index (κ1) is 25.0. The molecular formula is C27H29F3N2O3. The maximum Gasteiger partial charge on any atom is 0.416 e. The minimum Gasteiger partial charge on any atom is -0.455 e. The summed E-state index contributed by atoms with van der Waals surface area (Å²) in [5, 5.41) is 0. The molecule has 1 aliphatic rings. The minimum absolute atomic E-state index is 0.0396. The number of carbonyl (C=O) groups is 1. The lowest BCUT2D eigenvalue weighted by Gasteiger charge is -2.34. The molecule has 2 aromatic carbocycles. The first-order valence-corrected chi connectivity index (χ1v) is 11.6. The molecule has 2 atom stereocenters. The van der Waals surface area contributed by atoms with Gasteiger partial charge in [0.25, 0.3) is 5.91 Å². The van der Waals surface area contributed by atoms with E-state index in [1.54, 1.807) is 17.0 Å². The molecule has 0 aliphatic carbocycles. The zero-order valence-corrected chi connectivity index (χ0v) is 19.8. The zero-order chi connectivity index (χ0) is 25.0. The van der Waals surface area contributed by atoms with Gasteiger partial charge in [0.1, 0.15) is 5.76 Å². The van der Waals surface area contributed by atoms with Crippen molar-refractivity contribution in [3.05, 3.63) is 94.9 Å². The van der Waals surface area contributed by atoms with E-state index in [1.807, 2.05) is 44.2 Å². The topological polar surface area (TPSA) is 45.9 Å². The van der Waals surface area contributed by atoms with Gasteiger partial charge in [-0.15, -0.1) is 0 Å². The first-order chi connectivity index (χ1) is 16.7. The van der Waals surface area contributed by atoms with E-state index in [0.717, 1.165) is 23.3 Å². The summed E-state index contributed by atoms with van der Waals surface area (Å²) >= 11 is 0. The molecule has 35 heavy (non-hydrogen) atoms. The molecule has 1 aromatic heterocycles. The van der Waals surface area contributed by atoms with Gasteiger partial charge in [-0.05, 0) is 49.2 Å². The molecule has 0 saturated carbocycles. The largest absolute Gasteiger partial charge is 0.455 e. The van der Waals surface area contributed by atoms with Crippen LogP contribution in [0, 0.1) is 0 Å². The van der Waals surface area contributed by atoms with Crippen molar-refractivity contribution in [1.29, 1.82) is 0 Å². The van der Waals surface area contributed by atoms with E-state index in [4.69, 9.17) is 9.15 Å². The average Bonchev–Trinajstić information content (AvgIpc) is 3.27. The van der Waals surface area contributed by atoms with Crippen LogP contribution in [0.25, 0.3) is 0 Å². The molecule has 0 spiro atoms. The summed E-state index contributed by atoms with van der Waals surface area (Å²) in [5.74, 6) is 0.719. The van der Waals surface area contributed by atoms with Gasteiger partial charge >= 0.3 is 6.18 Å². The number of amides is 1. The van der Waals surface area contributed by atoms with Gasteiger partial charge in [0.15, 0.2) is 5.76 Å². The van der Waals surface area contributed by atoms with Crippen molar-refractivity contribution < 1.29 is 27.1 Å². The van der Waals surface area contributed by atoms with Crippen LogP contribution in [0.4, 0.5) is 13.2 Å². The molecule has 2 heterocycles. The summed E-state index contributed by atoms with van der Waals surface area (Å²) < 4.78 is 50.4. The number of nitrogens with zero attached hydrogens (tertiary/aromatic N) is 2. The number of hydrogen-bond donors (Lipinski definition) is 0. The smallest absolute Gasteiger partial charge is 0.416 e. The fraction of sp³-hybridized carbons (Fsp3) is 0.370. The second-order valence-corrected chi connectivity index (χ2v) is 9.06. The third-order valence-electron chi connectivity index (χ3n) is 5.90. The molecule has 0 radical (unpaired) electrons. The molecular weight excluding hydrogens is 457 g/mol. The van der Waals surface area contributed by atoms with Crippen LogP contribution in [-0.2, 0) is 30.5 Å². The summed E-state index contributed by atoms with van der Waals surface area (Å²) in [5.41, 5.74) is 1.16. The number of hydrogen-bond acceptors (Lipinski definition) is 4. The molecule has 0 N–H and O–H groups in total. The van der Waals surface area contributed by atoms with E-state index >= 15 is 0 Å². The Labute approximate surface area is 203 Å². The van der Waals surface area contributed by atoms with Crippen LogP contribution in [0.2, 0.25) is 0 Å². The monoisotopic (exact) mass is 486 g/mol. The summed E-state index contributed by atoms with van der Waals surface area (Å²) in [4.78, 5) is 16.8. The molecule has 3 aromatic rings. The molecule has 1 aliphatic heterocycles. The van der Waals surface area contributed by atoms with Crippen molar-refractivity contribution in [3.8, 4) is 0 Å². The van der Waals surface area contributed by atoms with Crippen LogP contribution in [-0.4, -0.2) is 41.0 Å². The van der Waals surface area contributed by atoms with E-state index in [0.29, 0.717) is 38.5 Å². The second kappa shape index (κ2) is 10.7. The van der Waals surface area contributed by atoms with Gasteiger partial charge in [-0.25, -0.2) is 0 Å². The molecule has 1 fully saturated rings. The van der Waals surface area contributed by atoms with Gasteiger partial charge in [0.2, 0.25) is 0 Å². The molecule has 1 amide bonds. The third-order valence-corrected chi connectivity index (χ3v) is 5.90. The fourth-order valence-electron chi connectivity index (χ4n) is 4.36. The van der Waals surface area contributed by atoms with Gasteiger partial charge in [0, 0.05) is 26.2 Å². The molecule has 186 valence electrons. The Morgan fingerprint density at radius 3 is 2.09 bits per heavy atom. The number of carbonyl (C=O) groups excluding carboxylic acids is 1. The number of benzene rings is 2. The van der Waals surface area contributed by atoms with Crippen LogP contribution in [0.5, 0.6) is 0 Å². The van der Waals surface area contributed by atoms with Crippen molar-refractivity contribution in [2.75, 3.05) is 13.1 Å². The second-order valence-electron chi connectivity index (χ2n) is 9.06. The molecule has 2 unspecified atom stereocenters.